The average Bonchev–Trinajstić information content (AvgIpc) is 2.65. The standard InChI is InChI=1S/C16H15BN2O8S2/c1-29(24,25)27-10-8-28(23)15-12(14(21)19(15)13(10)16(22)26-17)18-11(20)7-9-5-3-2-4-6-9/h2-6,12,15H,7-8H2,1H3,(H,18,20)/t12-,15-,28+/m1/s1. The second kappa shape index (κ2) is 7.99. The lowest BCUT2D eigenvalue weighted by atomic mass is 10.0. The van der Waals surface area contributed by atoms with E-state index in [2.05, 4.69) is 9.97 Å². The van der Waals surface area contributed by atoms with E-state index < -0.39 is 67.3 Å². The number of amides is 2. The molecule has 0 saturated carbocycles. The molecule has 1 N–H and O–H groups in total. The zero-order chi connectivity index (χ0) is 21.3. The highest BCUT2D eigenvalue weighted by atomic mass is 32.2. The van der Waals surface area contributed by atoms with E-state index in [0.717, 1.165) is 16.7 Å². The van der Waals surface area contributed by atoms with Gasteiger partial charge in [-0.2, -0.15) is 8.42 Å². The molecule has 1 fully saturated rings. The average molecular weight is 438 g/mol. The van der Waals surface area contributed by atoms with Crippen molar-refractivity contribution in [3.05, 3.63) is 47.4 Å². The molecular formula is C16H15BN2O8S2. The molecule has 1 aromatic carbocycles. The van der Waals surface area contributed by atoms with Gasteiger partial charge < -0.3 is 14.2 Å². The number of benzene rings is 1. The molecule has 2 amide bonds. The predicted octanol–water partition coefficient (Wildman–Crippen LogP) is -1.54. The van der Waals surface area contributed by atoms with Crippen LogP contribution < -0.4 is 5.32 Å². The number of nitrogens with zero attached hydrogens (tertiary/aromatic N) is 1. The van der Waals surface area contributed by atoms with Crippen molar-refractivity contribution in [3.63, 3.8) is 0 Å². The lowest BCUT2D eigenvalue weighted by Crippen LogP contribution is -2.73. The zero-order valence-corrected chi connectivity index (χ0v) is 16.7. The molecule has 3 rings (SSSR count). The maximum absolute atomic E-state index is 12.6. The van der Waals surface area contributed by atoms with E-state index in [-0.39, 0.29) is 6.42 Å². The van der Waals surface area contributed by atoms with E-state index in [1.54, 1.807) is 30.3 Å². The maximum Gasteiger partial charge on any atom is 0.378 e. The van der Waals surface area contributed by atoms with Crippen molar-refractivity contribution in [3.8, 4) is 0 Å². The van der Waals surface area contributed by atoms with E-state index in [0.29, 0.717) is 0 Å². The van der Waals surface area contributed by atoms with Gasteiger partial charge >= 0.3 is 24.1 Å². The van der Waals surface area contributed by atoms with E-state index in [1.807, 2.05) is 0 Å². The first-order valence-electron chi connectivity index (χ1n) is 8.19. The number of hydrogen-bond acceptors (Lipinski definition) is 8. The van der Waals surface area contributed by atoms with Crippen LogP contribution in [0, 0.1) is 0 Å². The van der Waals surface area contributed by atoms with Crippen LogP contribution in [0.2, 0.25) is 0 Å². The minimum Gasteiger partial charge on any atom is -0.539 e. The van der Waals surface area contributed by atoms with Crippen molar-refractivity contribution < 1.29 is 35.8 Å². The molecule has 29 heavy (non-hydrogen) atoms. The van der Waals surface area contributed by atoms with Gasteiger partial charge in [0.05, 0.1) is 29.2 Å². The Balaban J connectivity index is 1.83. The zero-order valence-electron chi connectivity index (χ0n) is 15.1. The van der Waals surface area contributed by atoms with Crippen LogP contribution in [0.4, 0.5) is 0 Å². The van der Waals surface area contributed by atoms with Crippen LogP contribution >= 0.6 is 0 Å². The van der Waals surface area contributed by atoms with Gasteiger partial charge in [0.15, 0.2) is 11.5 Å². The minimum atomic E-state index is -4.07. The monoisotopic (exact) mass is 438 g/mol. The SMILES string of the molecule is [B]OC(=O)C1=C(OS(C)(=O)=O)C[S@](=O)[C@@H]2[C@H](NC(=O)Cc3ccccc3)C(=O)N12. The molecular weight excluding hydrogens is 423 g/mol. The van der Waals surface area contributed by atoms with Crippen LogP contribution in [0.15, 0.2) is 41.8 Å². The summed E-state index contributed by atoms with van der Waals surface area (Å²) in [5.41, 5.74) is 0.163. The molecule has 2 aliphatic heterocycles. The fourth-order valence-corrected chi connectivity index (χ4v) is 5.18. The lowest BCUT2D eigenvalue weighted by molar-refractivity contribution is -0.150. The van der Waals surface area contributed by atoms with Crippen LogP contribution in [0.5, 0.6) is 0 Å². The highest BCUT2D eigenvalue weighted by Gasteiger charge is 2.58. The number of carbonyl (C=O) groups excluding carboxylic acids is 3. The van der Waals surface area contributed by atoms with Crippen molar-refractivity contribution in [1.82, 2.24) is 10.2 Å². The summed E-state index contributed by atoms with van der Waals surface area (Å²) in [4.78, 5) is 37.6. The summed E-state index contributed by atoms with van der Waals surface area (Å²) in [5, 5.41) is 1.42. The van der Waals surface area contributed by atoms with Gasteiger partial charge in [-0.15, -0.1) is 0 Å². The van der Waals surface area contributed by atoms with Crippen molar-refractivity contribution in [1.29, 1.82) is 0 Å². The highest BCUT2D eigenvalue weighted by Crippen LogP contribution is 2.36. The molecule has 13 heteroatoms. The minimum absolute atomic E-state index is 0.0000471. The summed E-state index contributed by atoms with van der Waals surface area (Å²) in [6.45, 7) is 0. The second-order valence-electron chi connectivity index (χ2n) is 6.30. The Bertz CT molecular complexity index is 1020. The first-order chi connectivity index (χ1) is 13.6. The third kappa shape index (κ3) is 4.35. The molecule has 1 saturated heterocycles. The molecule has 0 aliphatic carbocycles. The third-order valence-electron chi connectivity index (χ3n) is 4.17. The number of rotatable bonds is 6. The Labute approximate surface area is 170 Å². The van der Waals surface area contributed by atoms with Gasteiger partial charge in [0.25, 0.3) is 5.91 Å². The molecule has 0 unspecified atom stereocenters. The Kier molecular flexibility index (Phi) is 5.80. The van der Waals surface area contributed by atoms with Crippen molar-refractivity contribution in [2.45, 2.75) is 17.8 Å². The normalized spacial score (nSPS) is 23.7. The van der Waals surface area contributed by atoms with E-state index in [4.69, 9.17) is 12.2 Å². The second-order valence-corrected chi connectivity index (χ2v) is 9.40. The molecule has 10 nitrogen and oxygen atoms in total. The van der Waals surface area contributed by atoms with Crippen LogP contribution in [0.3, 0.4) is 0 Å². The number of β-lactam (4-membered cyclic amide) rings is 1. The van der Waals surface area contributed by atoms with E-state index >= 15 is 0 Å². The topological polar surface area (TPSA) is 136 Å². The van der Waals surface area contributed by atoms with E-state index in [1.165, 1.54) is 0 Å². The quantitative estimate of drug-likeness (QED) is 0.321. The largest absolute Gasteiger partial charge is 0.539 e. The Morgan fingerprint density at radius 2 is 1.97 bits per heavy atom. The van der Waals surface area contributed by atoms with Crippen LogP contribution in [0.1, 0.15) is 5.56 Å². The third-order valence-corrected chi connectivity index (χ3v) is 6.24. The smallest absolute Gasteiger partial charge is 0.378 e. The van der Waals surface area contributed by atoms with Gasteiger partial charge in [0.2, 0.25) is 5.91 Å². The van der Waals surface area contributed by atoms with Gasteiger partial charge in [-0.25, -0.2) is 4.79 Å². The fourth-order valence-electron chi connectivity index (χ4n) is 3.04. The molecule has 152 valence electrons. The van der Waals surface area contributed by atoms with Crippen molar-refractivity contribution >= 4 is 46.8 Å². The molecule has 3 atom stereocenters. The summed E-state index contributed by atoms with van der Waals surface area (Å²) < 4.78 is 44.3. The summed E-state index contributed by atoms with van der Waals surface area (Å²) in [7, 11) is -1.05. The fraction of sp³-hybridized carbons (Fsp3) is 0.312. The van der Waals surface area contributed by atoms with Crippen LogP contribution in [-0.4, -0.2) is 66.8 Å². The van der Waals surface area contributed by atoms with Gasteiger partial charge in [-0.05, 0) is 5.56 Å². The first kappa shape index (κ1) is 21.1. The van der Waals surface area contributed by atoms with Gasteiger partial charge in [-0.1, -0.05) is 30.3 Å². The van der Waals surface area contributed by atoms with Crippen LogP contribution in [-0.2, 0) is 50.6 Å². The maximum atomic E-state index is 12.6. The Morgan fingerprint density at radius 1 is 1.31 bits per heavy atom. The number of hydrogen-bond donors (Lipinski definition) is 1. The number of carbonyl (C=O) groups is 3. The van der Waals surface area contributed by atoms with Crippen molar-refractivity contribution in [2.75, 3.05) is 12.0 Å². The van der Waals surface area contributed by atoms with Gasteiger partial charge in [-0.3, -0.25) is 18.7 Å². The summed E-state index contributed by atoms with van der Waals surface area (Å²) in [6, 6.07) is 7.63. The Morgan fingerprint density at radius 3 is 2.55 bits per heavy atom. The summed E-state index contributed by atoms with van der Waals surface area (Å²) >= 11 is 0. The highest BCUT2D eigenvalue weighted by molar-refractivity contribution is 7.87. The van der Waals surface area contributed by atoms with Gasteiger partial charge in [0.1, 0.15) is 11.4 Å². The molecule has 2 aliphatic rings. The van der Waals surface area contributed by atoms with E-state index in [9.17, 15) is 27.0 Å². The molecule has 0 spiro atoms. The van der Waals surface area contributed by atoms with Gasteiger partial charge in [0, 0.05) is 0 Å². The molecule has 1 aromatic rings. The predicted molar refractivity (Wildman–Crippen MR) is 101 cm³/mol. The van der Waals surface area contributed by atoms with Crippen LogP contribution in [0.25, 0.3) is 0 Å². The Hall–Kier alpha value is -2.67. The molecule has 2 radical (unpaired) electrons. The molecule has 0 bridgehead atoms. The van der Waals surface area contributed by atoms with Crippen molar-refractivity contribution in [2.24, 2.45) is 0 Å². The first-order valence-corrected chi connectivity index (χ1v) is 11.4. The summed E-state index contributed by atoms with van der Waals surface area (Å²) in [6.07, 6.45) is 0.727. The molecule has 2 heterocycles. The summed E-state index contributed by atoms with van der Waals surface area (Å²) in [5.74, 6) is -3.46. The lowest BCUT2D eigenvalue weighted by Gasteiger charge is -2.48. The number of fused-ring (bicyclic) bond motifs is 1. The molecule has 0 aromatic heterocycles. The number of nitrogens with one attached hydrogen (secondary N) is 1.